The first kappa shape index (κ1) is 9.26. The topological polar surface area (TPSA) is 40.7 Å². The predicted molar refractivity (Wildman–Crippen MR) is 49.8 cm³/mol. The van der Waals surface area contributed by atoms with Gasteiger partial charge in [0.1, 0.15) is 0 Å². The number of hydrogen-bond acceptors (Lipinski definition) is 2. The van der Waals surface area contributed by atoms with Crippen molar-refractivity contribution in [1.29, 1.82) is 0 Å². The van der Waals surface area contributed by atoms with Gasteiger partial charge in [-0.25, -0.2) is 0 Å². The average Bonchev–Trinajstić information content (AvgIpc) is 2.53. The van der Waals surface area contributed by atoms with E-state index in [0.29, 0.717) is 6.04 Å². The Bertz CT molecular complexity index is 194. The summed E-state index contributed by atoms with van der Waals surface area (Å²) in [5.41, 5.74) is 1.15. The van der Waals surface area contributed by atoms with E-state index in [9.17, 15) is 0 Å². The van der Waals surface area contributed by atoms with Crippen LogP contribution in [-0.2, 0) is 6.54 Å². The van der Waals surface area contributed by atoms with E-state index in [0.717, 1.165) is 12.2 Å². The van der Waals surface area contributed by atoms with Gasteiger partial charge in [0.25, 0.3) is 0 Å². The van der Waals surface area contributed by atoms with Crippen molar-refractivity contribution < 1.29 is 0 Å². The summed E-state index contributed by atoms with van der Waals surface area (Å²) in [6.07, 6.45) is 4.24. The van der Waals surface area contributed by atoms with Crippen LogP contribution in [0.2, 0.25) is 0 Å². The van der Waals surface area contributed by atoms with Crippen LogP contribution in [0.5, 0.6) is 0 Å². The van der Waals surface area contributed by atoms with Crippen molar-refractivity contribution in [2.24, 2.45) is 0 Å². The van der Waals surface area contributed by atoms with Gasteiger partial charge in [0.15, 0.2) is 0 Å². The van der Waals surface area contributed by atoms with E-state index >= 15 is 0 Å². The van der Waals surface area contributed by atoms with Crippen LogP contribution in [-0.4, -0.2) is 16.2 Å². The lowest BCUT2D eigenvalue weighted by Gasteiger charge is -2.10. The van der Waals surface area contributed by atoms with E-state index in [1.165, 1.54) is 12.8 Å². The molecule has 0 aliphatic heterocycles. The van der Waals surface area contributed by atoms with Crippen LogP contribution in [0, 0.1) is 0 Å². The zero-order chi connectivity index (χ0) is 8.81. The second kappa shape index (κ2) is 4.93. The van der Waals surface area contributed by atoms with Crippen LogP contribution in [0.25, 0.3) is 0 Å². The zero-order valence-corrected chi connectivity index (χ0v) is 7.80. The summed E-state index contributed by atoms with van der Waals surface area (Å²) in [5.74, 6) is 0. The van der Waals surface area contributed by atoms with Crippen molar-refractivity contribution >= 4 is 0 Å². The molecule has 0 amide bonds. The lowest BCUT2D eigenvalue weighted by Crippen LogP contribution is -2.25. The Hall–Kier alpha value is -0.830. The van der Waals surface area contributed by atoms with Gasteiger partial charge >= 0.3 is 0 Å². The molecule has 0 aliphatic rings. The van der Waals surface area contributed by atoms with Gasteiger partial charge in [0.2, 0.25) is 0 Å². The molecule has 3 heteroatoms. The molecule has 0 spiro atoms. The second-order valence-electron chi connectivity index (χ2n) is 3.15. The van der Waals surface area contributed by atoms with Crippen molar-refractivity contribution in [2.45, 2.75) is 39.3 Å². The molecule has 0 saturated heterocycles. The summed E-state index contributed by atoms with van der Waals surface area (Å²) in [4.78, 5) is 0. The summed E-state index contributed by atoms with van der Waals surface area (Å²) in [5, 5.41) is 10.2. The van der Waals surface area contributed by atoms with Gasteiger partial charge in [0.05, 0.1) is 0 Å². The number of H-pyrrole nitrogens is 1. The SMILES string of the molecule is CCCC(C)NCc1ccn[nH]1. The standard InChI is InChI=1S/C9H17N3/c1-3-4-8(2)10-7-9-5-6-11-12-9/h5-6,8,10H,3-4,7H2,1-2H3,(H,11,12). The average molecular weight is 167 g/mol. The molecule has 1 unspecified atom stereocenters. The minimum absolute atomic E-state index is 0.596. The third kappa shape index (κ3) is 3.05. The van der Waals surface area contributed by atoms with Crippen molar-refractivity contribution in [1.82, 2.24) is 15.5 Å². The summed E-state index contributed by atoms with van der Waals surface area (Å²) in [6, 6.07) is 2.59. The quantitative estimate of drug-likeness (QED) is 0.700. The summed E-state index contributed by atoms with van der Waals surface area (Å²) in [7, 11) is 0. The van der Waals surface area contributed by atoms with E-state index in [1.54, 1.807) is 6.20 Å². The third-order valence-corrected chi connectivity index (χ3v) is 1.92. The highest BCUT2D eigenvalue weighted by Gasteiger charge is 1.99. The number of aromatic nitrogens is 2. The molecule has 12 heavy (non-hydrogen) atoms. The van der Waals surface area contributed by atoms with Crippen molar-refractivity contribution in [3.8, 4) is 0 Å². The van der Waals surface area contributed by atoms with E-state index in [4.69, 9.17) is 0 Å². The molecule has 3 nitrogen and oxygen atoms in total. The number of nitrogens with one attached hydrogen (secondary N) is 2. The highest BCUT2D eigenvalue weighted by Crippen LogP contribution is 1.97. The molecule has 1 aromatic heterocycles. The fourth-order valence-corrected chi connectivity index (χ4v) is 1.20. The van der Waals surface area contributed by atoms with Crippen molar-refractivity contribution in [2.75, 3.05) is 0 Å². The largest absolute Gasteiger partial charge is 0.309 e. The molecule has 0 fully saturated rings. The third-order valence-electron chi connectivity index (χ3n) is 1.92. The Kier molecular flexibility index (Phi) is 3.80. The minimum atomic E-state index is 0.596. The Morgan fingerprint density at radius 2 is 2.50 bits per heavy atom. The lowest BCUT2D eigenvalue weighted by atomic mass is 10.2. The molecule has 1 heterocycles. The summed E-state index contributed by atoms with van der Waals surface area (Å²) in [6.45, 7) is 5.30. The van der Waals surface area contributed by atoms with Gasteiger partial charge in [-0.1, -0.05) is 13.3 Å². The normalized spacial score (nSPS) is 13.2. The first-order valence-corrected chi connectivity index (χ1v) is 4.54. The molecule has 0 aliphatic carbocycles. The maximum absolute atomic E-state index is 3.88. The number of rotatable bonds is 5. The molecule has 0 radical (unpaired) electrons. The molecule has 1 atom stereocenters. The minimum Gasteiger partial charge on any atom is -0.309 e. The maximum atomic E-state index is 3.88. The van der Waals surface area contributed by atoms with E-state index in [1.807, 2.05) is 6.07 Å². The Labute approximate surface area is 73.6 Å². The van der Waals surface area contributed by atoms with Gasteiger partial charge in [0, 0.05) is 24.5 Å². The Morgan fingerprint density at radius 1 is 1.67 bits per heavy atom. The van der Waals surface area contributed by atoms with Gasteiger partial charge < -0.3 is 5.32 Å². The fraction of sp³-hybridized carbons (Fsp3) is 0.667. The molecule has 1 aromatic rings. The van der Waals surface area contributed by atoms with Crippen LogP contribution >= 0.6 is 0 Å². The Balaban J connectivity index is 2.17. The first-order chi connectivity index (χ1) is 5.83. The van der Waals surface area contributed by atoms with Crippen LogP contribution < -0.4 is 5.32 Å². The summed E-state index contributed by atoms with van der Waals surface area (Å²) < 4.78 is 0. The summed E-state index contributed by atoms with van der Waals surface area (Å²) >= 11 is 0. The molecular weight excluding hydrogens is 150 g/mol. The molecular formula is C9H17N3. The first-order valence-electron chi connectivity index (χ1n) is 4.54. The number of hydrogen-bond donors (Lipinski definition) is 2. The highest BCUT2D eigenvalue weighted by atomic mass is 15.1. The van der Waals surface area contributed by atoms with Crippen molar-refractivity contribution in [3.05, 3.63) is 18.0 Å². The predicted octanol–water partition coefficient (Wildman–Crippen LogP) is 1.69. The monoisotopic (exact) mass is 167 g/mol. The number of nitrogens with zero attached hydrogens (tertiary/aromatic N) is 1. The van der Waals surface area contributed by atoms with Crippen LogP contribution in [0.15, 0.2) is 12.3 Å². The smallest absolute Gasteiger partial charge is 0.0490 e. The molecule has 2 N–H and O–H groups in total. The van der Waals surface area contributed by atoms with E-state index in [-0.39, 0.29) is 0 Å². The van der Waals surface area contributed by atoms with E-state index in [2.05, 4.69) is 29.4 Å². The van der Waals surface area contributed by atoms with Gasteiger partial charge in [-0.05, 0) is 19.4 Å². The maximum Gasteiger partial charge on any atom is 0.0490 e. The zero-order valence-electron chi connectivity index (χ0n) is 7.80. The molecule has 0 bridgehead atoms. The second-order valence-corrected chi connectivity index (χ2v) is 3.15. The fourth-order valence-electron chi connectivity index (χ4n) is 1.20. The van der Waals surface area contributed by atoms with Gasteiger partial charge in [-0.15, -0.1) is 0 Å². The lowest BCUT2D eigenvalue weighted by molar-refractivity contribution is 0.504. The number of aromatic amines is 1. The van der Waals surface area contributed by atoms with Crippen LogP contribution in [0.1, 0.15) is 32.4 Å². The van der Waals surface area contributed by atoms with Crippen molar-refractivity contribution in [3.63, 3.8) is 0 Å². The van der Waals surface area contributed by atoms with Gasteiger partial charge in [-0.3, -0.25) is 5.10 Å². The molecule has 0 aromatic carbocycles. The van der Waals surface area contributed by atoms with Crippen LogP contribution in [0.3, 0.4) is 0 Å². The highest BCUT2D eigenvalue weighted by molar-refractivity contribution is 4.96. The van der Waals surface area contributed by atoms with Gasteiger partial charge in [-0.2, -0.15) is 5.10 Å². The van der Waals surface area contributed by atoms with E-state index < -0.39 is 0 Å². The molecule has 68 valence electrons. The van der Waals surface area contributed by atoms with Crippen LogP contribution in [0.4, 0.5) is 0 Å². The molecule has 1 rings (SSSR count). The Morgan fingerprint density at radius 3 is 3.08 bits per heavy atom. The molecule has 0 saturated carbocycles.